The predicted molar refractivity (Wildman–Crippen MR) is 98.6 cm³/mol. The fourth-order valence-corrected chi connectivity index (χ4v) is 3.68. The van der Waals surface area contributed by atoms with Crippen molar-refractivity contribution in [1.82, 2.24) is 20.5 Å². The molecule has 1 amide bonds. The van der Waals surface area contributed by atoms with E-state index in [4.69, 9.17) is 4.52 Å². The molecule has 0 radical (unpaired) electrons. The van der Waals surface area contributed by atoms with Crippen LogP contribution < -0.4 is 5.43 Å². The summed E-state index contributed by atoms with van der Waals surface area (Å²) in [6, 6.07) is 1.70. The maximum atomic E-state index is 12.2. The van der Waals surface area contributed by atoms with Crippen molar-refractivity contribution in [3.63, 3.8) is 0 Å². The summed E-state index contributed by atoms with van der Waals surface area (Å²) in [4.78, 5) is 18.2. The lowest BCUT2D eigenvalue weighted by molar-refractivity contribution is -0.116. The Hall–Kier alpha value is -2.67. The second-order valence-electron chi connectivity index (χ2n) is 6.94. The van der Waals surface area contributed by atoms with Gasteiger partial charge in [-0.25, -0.2) is 5.43 Å². The van der Waals surface area contributed by atoms with Gasteiger partial charge in [-0.2, -0.15) is 5.10 Å². The Balaban J connectivity index is 1.63. The minimum Gasteiger partial charge on any atom is -0.359 e. The number of nitrogens with zero attached hydrogens (tertiary/aromatic N) is 3. The number of carbonyl (C=O) groups is 1. The molecule has 26 heavy (non-hydrogen) atoms. The Labute approximate surface area is 152 Å². The normalized spacial score (nSPS) is 19.8. The molecule has 1 saturated heterocycles. The number of hydrogen-bond donors (Lipinski definition) is 2. The minimum atomic E-state index is -0.236. The largest absolute Gasteiger partial charge is 0.359 e. The fraction of sp³-hybridized carbons (Fsp3) is 0.421. The molecule has 0 aliphatic carbocycles. The summed E-state index contributed by atoms with van der Waals surface area (Å²) in [5.41, 5.74) is 8.05. The van der Waals surface area contributed by atoms with Gasteiger partial charge in [0.25, 0.3) is 5.91 Å². The molecular weight excluding hydrogens is 330 g/mol. The van der Waals surface area contributed by atoms with Gasteiger partial charge in [0.2, 0.25) is 0 Å². The van der Waals surface area contributed by atoms with Crippen LogP contribution in [0.25, 0.3) is 6.08 Å². The molecule has 0 spiro atoms. The Bertz CT molecular complexity index is 870. The van der Waals surface area contributed by atoms with Gasteiger partial charge in [0, 0.05) is 24.0 Å². The molecular formula is C19H23N5O2. The van der Waals surface area contributed by atoms with E-state index in [2.05, 4.69) is 39.4 Å². The van der Waals surface area contributed by atoms with Crippen molar-refractivity contribution < 1.29 is 9.32 Å². The Morgan fingerprint density at radius 3 is 2.81 bits per heavy atom. The molecule has 0 aromatic carbocycles. The third-order valence-corrected chi connectivity index (χ3v) is 5.19. The second kappa shape index (κ2) is 6.92. The summed E-state index contributed by atoms with van der Waals surface area (Å²) < 4.78 is 5.16. The number of H-pyrrole nitrogens is 1. The highest BCUT2D eigenvalue weighted by Gasteiger charge is 2.27. The average molecular weight is 353 g/mol. The second-order valence-corrected chi connectivity index (χ2v) is 6.94. The van der Waals surface area contributed by atoms with Gasteiger partial charge in [0.1, 0.15) is 5.71 Å². The quantitative estimate of drug-likeness (QED) is 0.827. The van der Waals surface area contributed by atoms with E-state index in [1.54, 1.807) is 12.3 Å². The molecule has 0 saturated carbocycles. The van der Waals surface area contributed by atoms with Gasteiger partial charge in [-0.15, -0.1) is 0 Å². The lowest BCUT2D eigenvalue weighted by Gasteiger charge is -2.26. The van der Waals surface area contributed by atoms with Gasteiger partial charge >= 0.3 is 0 Å². The number of likely N-dealkylation sites (tertiary alicyclic amines) is 1. The van der Waals surface area contributed by atoms with E-state index < -0.39 is 0 Å². The monoisotopic (exact) mass is 353 g/mol. The molecule has 136 valence electrons. The Kier molecular flexibility index (Phi) is 4.46. The number of aromatic amines is 1. The topological polar surface area (TPSA) is 86.5 Å². The molecule has 1 fully saturated rings. The van der Waals surface area contributed by atoms with E-state index in [1.165, 1.54) is 30.4 Å². The van der Waals surface area contributed by atoms with Crippen molar-refractivity contribution in [3.8, 4) is 0 Å². The molecule has 2 aromatic heterocycles. The molecule has 0 unspecified atom stereocenters. The minimum absolute atomic E-state index is 0.236. The SMILES string of the molecule is Cc1[nH]c(C=C2C(=O)NN=C2c2ccno2)c(C)c1CN1CCCCC1. The van der Waals surface area contributed by atoms with Gasteiger partial charge in [-0.3, -0.25) is 9.69 Å². The van der Waals surface area contributed by atoms with Crippen molar-refractivity contribution in [2.45, 2.75) is 39.7 Å². The van der Waals surface area contributed by atoms with Crippen molar-refractivity contribution in [1.29, 1.82) is 0 Å². The number of aryl methyl sites for hydroxylation is 1. The molecule has 2 aromatic rings. The van der Waals surface area contributed by atoms with Gasteiger partial charge in [-0.1, -0.05) is 11.6 Å². The lowest BCUT2D eigenvalue weighted by Crippen LogP contribution is -2.29. The van der Waals surface area contributed by atoms with Crippen LogP contribution in [0.1, 0.15) is 47.5 Å². The van der Waals surface area contributed by atoms with Gasteiger partial charge < -0.3 is 9.51 Å². The van der Waals surface area contributed by atoms with Crippen LogP contribution in [0.15, 0.2) is 27.5 Å². The Morgan fingerprint density at radius 2 is 2.08 bits per heavy atom. The van der Waals surface area contributed by atoms with E-state index in [-0.39, 0.29) is 5.91 Å². The van der Waals surface area contributed by atoms with Crippen LogP contribution in [0.5, 0.6) is 0 Å². The number of rotatable bonds is 4. The van der Waals surface area contributed by atoms with E-state index in [1.807, 2.05) is 6.08 Å². The molecule has 7 heteroatoms. The highest BCUT2D eigenvalue weighted by molar-refractivity contribution is 6.32. The maximum Gasteiger partial charge on any atom is 0.273 e. The summed E-state index contributed by atoms with van der Waals surface area (Å²) >= 11 is 0. The zero-order valence-electron chi connectivity index (χ0n) is 15.1. The number of aromatic nitrogens is 2. The highest BCUT2D eigenvalue weighted by atomic mass is 16.5. The first-order valence-electron chi connectivity index (χ1n) is 9.05. The lowest BCUT2D eigenvalue weighted by atomic mass is 10.0. The molecule has 2 N–H and O–H groups in total. The number of nitrogens with one attached hydrogen (secondary N) is 2. The first-order valence-corrected chi connectivity index (χ1v) is 9.05. The summed E-state index contributed by atoms with van der Waals surface area (Å²) in [7, 11) is 0. The summed E-state index contributed by atoms with van der Waals surface area (Å²) in [5, 5.41) is 7.78. The average Bonchev–Trinajstić information content (AvgIpc) is 3.34. The van der Waals surface area contributed by atoms with Crippen LogP contribution >= 0.6 is 0 Å². The molecule has 4 heterocycles. The highest BCUT2D eigenvalue weighted by Crippen LogP contribution is 2.25. The fourth-order valence-electron chi connectivity index (χ4n) is 3.68. The van der Waals surface area contributed by atoms with Crippen LogP contribution in [0.4, 0.5) is 0 Å². The van der Waals surface area contributed by atoms with Crippen molar-refractivity contribution in [3.05, 3.63) is 46.1 Å². The third kappa shape index (κ3) is 3.10. The number of amides is 1. The van der Waals surface area contributed by atoms with Crippen LogP contribution in [0.3, 0.4) is 0 Å². The van der Waals surface area contributed by atoms with Gasteiger partial charge in [0.15, 0.2) is 5.76 Å². The smallest absolute Gasteiger partial charge is 0.273 e. The number of hydrazone groups is 1. The number of piperidine rings is 1. The molecule has 2 aliphatic rings. The first kappa shape index (κ1) is 16.8. The molecule has 0 atom stereocenters. The zero-order valence-corrected chi connectivity index (χ0v) is 15.1. The van der Waals surface area contributed by atoms with Crippen LogP contribution in [-0.4, -0.2) is 39.7 Å². The Morgan fingerprint density at radius 1 is 1.27 bits per heavy atom. The van der Waals surface area contributed by atoms with E-state index in [0.717, 1.165) is 31.0 Å². The zero-order chi connectivity index (χ0) is 18.1. The van der Waals surface area contributed by atoms with Crippen LogP contribution in [-0.2, 0) is 11.3 Å². The summed E-state index contributed by atoms with van der Waals surface area (Å²) in [6.07, 6.45) is 7.27. The summed E-state index contributed by atoms with van der Waals surface area (Å²) in [6.45, 7) is 7.46. The van der Waals surface area contributed by atoms with Crippen LogP contribution in [0.2, 0.25) is 0 Å². The van der Waals surface area contributed by atoms with E-state index >= 15 is 0 Å². The molecule has 4 rings (SSSR count). The predicted octanol–water partition coefficient (Wildman–Crippen LogP) is 2.52. The molecule has 0 bridgehead atoms. The number of carbonyl (C=O) groups excluding carboxylic acids is 1. The van der Waals surface area contributed by atoms with Crippen molar-refractivity contribution in [2.24, 2.45) is 5.10 Å². The molecule has 2 aliphatic heterocycles. The van der Waals surface area contributed by atoms with Crippen molar-refractivity contribution in [2.75, 3.05) is 13.1 Å². The van der Waals surface area contributed by atoms with E-state index in [0.29, 0.717) is 17.0 Å². The van der Waals surface area contributed by atoms with E-state index in [9.17, 15) is 4.79 Å². The molecule has 7 nitrogen and oxygen atoms in total. The standard InChI is InChI=1S/C19H23N5O2/c1-12-15(11-24-8-4-3-5-9-24)13(2)21-16(12)10-14-18(22-23-19(14)25)17-6-7-20-26-17/h6-7,10,21H,3-5,8-9,11H2,1-2H3,(H,23,25). The first-order chi connectivity index (χ1) is 12.6. The van der Waals surface area contributed by atoms with Gasteiger partial charge in [-0.05, 0) is 57.0 Å². The maximum absolute atomic E-state index is 12.2. The number of hydrogen-bond acceptors (Lipinski definition) is 5. The third-order valence-electron chi connectivity index (χ3n) is 5.19. The van der Waals surface area contributed by atoms with Crippen molar-refractivity contribution >= 4 is 17.7 Å². The van der Waals surface area contributed by atoms with Crippen LogP contribution in [0, 0.1) is 13.8 Å². The van der Waals surface area contributed by atoms with Gasteiger partial charge in [0.05, 0.1) is 11.8 Å². The summed E-state index contributed by atoms with van der Waals surface area (Å²) in [5.74, 6) is 0.240.